The van der Waals surface area contributed by atoms with Crippen LogP contribution in [0.25, 0.3) is 0 Å². The average Bonchev–Trinajstić information content (AvgIpc) is 2.53. The Kier molecular flexibility index (Phi) is 4.05. The summed E-state index contributed by atoms with van der Waals surface area (Å²) in [5.41, 5.74) is 1.00. The summed E-state index contributed by atoms with van der Waals surface area (Å²) in [5.74, 6) is 0.436. The van der Waals surface area contributed by atoms with Crippen LogP contribution in [0.15, 0.2) is 29.2 Å². The third-order valence-corrected chi connectivity index (χ3v) is 6.53. The van der Waals surface area contributed by atoms with Crippen LogP contribution in [0, 0.1) is 5.92 Å². The minimum absolute atomic E-state index is 0.186. The summed E-state index contributed by atoms with van der Waals surface area (Å²) >= 11 is 0. The van der Waals surface area contributed by atoms with Crippen LogP contribution in [-0.4, -0.2) is 50.2 Å². The SMILES string of the molecule is CC1C(O)CC1c1cccc(S(=O)(=O)N2CCOCC2)c1. The van der Waals surface area contributed by atoms with Crippen molar-refractivity contribution in [2.75, 3.05) is 26.3 Å². The van der Waals surface area contributed by atoms with Crippen molar-refractivity contribution in [2.24, 2.45) is 5.92 Å². The minimum atomic E-state index is -3.44. The molecule has 1 saturated carbocycles. The van der Waals surface area contributed by atoms with E-state index in [1.165, 1.54) is 4.31 Å². The van der Waals surface area contributed by atoms with E-state index in [1.807, 2.05) is 13.0 Å². The van der Waals surface area contributed by atoms with Crippen LogP contribution in [0.3, 0.4) is 0 Å². The Morgan fingerprint density at radius 2 is 2.00 bits per heavy atom. The highest BCUT2D eigenvalue weighted by atomic mass is 32.2. The maximum Gasteiger partial charge on any atom is 0.243 e. The maximum absolute atomic E-state index is 12.6. The summed E-state index contributed by atoms with van der Waals surface area (Å²) in [6.07, 6.45) is 0.442. The number of rotatable bonds is 3. The topological polar surface area (TPSA) is 66.8 Å². The fraction of sp³-hybridized carbons (Fsp3) is 0.600. The van der Waals surface area contributed by atoms with Gasteiger partial charge in [0, 0.05) is 13.1 Å². The number of hydrogen-bond donors (Lipinski definition) is 1. The van der Waals surface area contributed by atoms with Gasteiger partial charge in [-0.3, -0.25) is 0 Å². The third kappa shape index (κ3) is 2.73. The smallest absolute Gasteiger partial charge is 0.243 e. The van der Waals surface area contributed by atoms with Gasteiger partial charge in [0.1, 0.15) is 0 Å². The lowest BCUT2D eigenvalue weighted by atomic mass is 9.69. The Morgan fingerprint density at radius 1 is 1.29 bits per heavy atom. The van der Waals surface area contributed by atoms with Crippen molar-refractivity contribution < 1.29 is 18.3 Å². The van der Waals surface area contributed by atoms with E-state index in [0.29, 0.717) is 37.6 Å². The van der Waals surface area contributed by atoms with Gasteiger partial charge in [-0.1, -0.05) is 19.1 Å². The van der Waals surface area contributed by atoms with E-state index in [9.17, 15) is 13.5 Å². The maximum atomic E-state index is 12.6. The Labute approximate surface area is 125 Å². The summed E-state index contributed by atoms with van der Waals surface area (Å²) in [7, 11) is -3.44. The number of ether oxygens (including phenoxy) is 1. The van der Waals surface area contributed by atoms with E-state index in [2.05, 4.69) is 0 Å². The second kappa shape index (κ2) is 5.68. The molecule has 1 aromatic rings. The first kappa shape index (κ1) is 15.0. The highest BCUT2D eigenvalue weighted by molar-refractivity contribution is 7.89. The lowest BCUT2D eigenvalue weighted by molar-refractivity contribution is 0.0116. The zero-order chi connectivity index (χ0) is 15.0. The molecule has 1 aliphatic heterocycles. The van der Waals surface area contributed by atoms with Crippen LogP contribution in [0.4, 0.5) is 0 Å². The van der Waals surface area contributed by atoms with Crippen LogP contribution < -0.4 is 0 Å². The summed E-state index contributed by atoms with van der Waals surface area (Å²) in [4.78, 5) is 0.343. The molecule has 0 spiro atoms. The van der Waals surface area contributed by atoms with Crippen LogP contribution in [0.2, 0.25) is 0 Å². The van der Waals surface area contributed by atoms with E-state index in [4.69, 9.17) is 4.74 Å². The van der Waals surface area contributed by atoms with Crippen LogP contribution in [0.5, 0.6) is 0 Å². The fourth-order valence-corrected chi connectivity index (χ4v) is 4.51. The first-order chi connectivity index (χ1) is 10.00. The molecule has 0 radical (unpaired) electrons. The predicted octanol–water partition coefficient (Wildman–Crippen LogP) is 1.19. The largest absolute Gasteiger partial charge is 0.393 e. The molecular formula is C15H21NO4S. The number of aliphatic hydroxyl groups excluding tert-OH is 1. The second-order valence-corrected chi connectivity index (χ2v) is 7.80. The number of aliphatic hydroxyl groups is 1. The molecule has 6 heteroatoms. The quantitative estimate of drug-likeness (QED) is 0.910. The first-order valence-corrected chi connectivity index (χ1v) is 8.80. The van der Waals surface area contributed by atoms with Crippen LogP contribution in [0.1, 0.15) is 24.8 Å². The molecule has 21 heavy (non-hydrogen) atoms. The Bertz CT molecular complexity index is 610. The second-order valence-electron chi connectivity index (χ2n) is 5.86. The Balaban J connectivity index is 1.85. The zero-order valence-electron chi connectivity index (χ0n) is 12.1. The summed E-state index contributed by atoms with van der Waals surface area (Å²) in [6, 6.07) is 7.15. The number of morpholine rings is 1. The summed E-state index contributed by atoms with van der Waals surface area (Å²) in [5, 5.41) is 9.64. The van der Waals surface area contributed by atoms with E-state index in [0.717, 1.165) is 5.56 Å². The number of hydrogen-bond acceptors (Lipinski definition) is 4. The van der Waals surface area contributed by atoms with Gasteiger partial charge in [-0.2, -0.15) is 4.31 Å². The predicted molar refractivity (Wildman–Crippen MR) is 78.5 cm³/mol. The number of benzene rings is 1. The lowest BCUT2D eigenvalue weighted by Crippen LogP contribution is -2.41. The van der Waals surface area contributed by atoms with E-state index < -0.39 is 10.0 Å². The summed E-state index contributed by atoms with van der Waals surface area (Å²) in [6.45, 7) is 3.72. The highest BCUT2D eigenvalue weighted by Crippen LogP contribution is 2.42. The molecule has 3 unspecified atom stereocenters. The van der Waals surface area contributed by atoms with Crippen molar-refractivity contribution in [1.29, 1.82) is 0 Å². The van der Waals surface area contributed by atoms with Gasteiger partial charge < -0.3 is 9.84 Å². The molecular weight excluding hydrogens is 290 g/mol. The van der Waals surface area contributed by atoms with E-state index in [1.54, 1.807) is 18.2 Å². The Hall–Kier alpha value is -0.950. The van der Waals surface area contributed by atoms with Crippen molar-refractivity contribution in [1.82, 2.24) is 4.31 Å². The molecule has 5 nitrogen and oxygen atoms in total. The molecule has 1 aliphatic carbocycles. The standard InChI is InChI=1S/C15H21NO4S/c1-11-14(10-15(11)17)12-3-2-4-13(9-12)21(18,19)16-5-7-20-8-6-16/h2-4,9,11,14-15,17H,5-8,10H2,1H3. The third-order valence-electron chi connectivity index (χ3n) is 4.63. The molecule has 0 aromatic heterocycles. The zero-order valence-corrected chi connectivity index (χ0v) is 12.9. The molecule has 2 fully saturated rings. The van der Waals surface area contributed by atoms with Gasteiger partial charge >= 0.3 is 0 Å². The lowest BCUT2D eigenvalue weighted by Gasteiger charge is -2.40. The minimum Gasteiger partial charge on any atom is -0.393 e. The van der Waals surface area contributed by atoms with Gasteiger partial charge in [0.2, 0.25) is 10.0 Å². The number of sulfonamides is 1. The Morgan fingerprint density at radius 3 is 2.62 bits per heavy atom. The molecule has 116 valence electrons. The van der Waals surface area contributed by atoms with E-state index >= 15 is 0 Å². The van der Waals surface area contributed by atoms with Crippen LogP contribution in [-0.2, 0) is 14.8 Å². The molecule has 1 heterocycles. The summed E-state index contributed by atoms with van der Waals surface area (Å²) < 4.78 is 32.0. The molecule has 1 aromatic carbocycles. The monoisotopic (exact) mass is 311 g/mol. The van der Waals surface area contributed by atoms with Gasteiger partial charge in [-0.15, -0.1) is 0 Å². The molecule has 0 amide bonds. The van der Waals surface area contributed by atoms with Gasteiger partial charge in [0.15, 0.2) is 0 Å². The van der Waals surface area contributed by atoms with Crippen molar-refractivity contribution in [3.8, 4) is 0 Å². The van der Waals surface area contributed by atoms with Gasteiger partial charge in [-0.05, 0) is 36.0 Å². The molecule has 0 bridgehead atoms. The van der Waals surface area contributed by atoms with Crippen molar-refractivity contribution >= 4 is 10.0 Å². The molecule has 2 aliphatic rings. The van der Waals surface area contributed by atoms with Crippen LogP contribution >= 0.6 is 0 Å². The first-order valence-electron chi connectivity index (χ1n) is 7.36. The van der Waals surface area contributed by atoms with E-state index in [-0.39, 0.29) is 17.9 Å². The normalized spacial score (nSPS) is 30.9. The van der Waals surface area contributed by atoms with Gasteiger partial charge in [0.05, 0.1) is 24.2 Å². The fourth-order valence-electron chi connectivity index (χ4n) is 3.04. The highest BCUT2D eigenvalue weighted by Gasteiger charge is 2.37. The molecule has 1 N–H and O–H groups in total. The average molecular weight is 311 g/mol. The van der Waals surface area contributed by atoms with Gasteiger partial charge in [-0.25, -0.2) is 8.42 Å². The van der Waals surface area contributed by atoms with Crippen molar-refractivity contribution in [2.45, 2.75) is 30.3 Å². The molecule has 1 saturated heterocycles. The van der Waals surface area contributed by atoms with Crippen molar-refractivity contribution in [3.63, 3.8) is 0 Å². The van der Waals surface area contributed by atoms with Crippen molar-refractivity contribution in [3.05, 3.63) is 29.8 Å². The number of nitrogens with zero attached hydrogens (tertiary/aromatic N) is 1. The van der Waals surface area contributed by atoms with Gasteiger partial charge in [0.25, 0.3) is 0 Å². The molecule has 3 atom stereocenters. The molecule has 3 rings (SSSR count).